The molecule has 2 rings (SSSR count). The molecular weight excluding hydrogens is 404 g/mol. The summed E-state index contributed by atoms with van der Waals surface area (Å²) in [5, 5.41) is 3.52. The van der Waals surface area contributed by atoms with Crippen molar-refractivity contribution in [2.75, 3.05) is 12.3 Å². The quantitative estimate of drug-likeness (QED) is 0.533. The lowest BCUT2D eigenvalue weighted by molar-refractivity contribution is -0.139. The average Bonchev–Trinajstić information content (AvgIpc) is 2.72. The highest BCUT2D eigenvalue weighted by Gasteiger charge is 2.28. The number of benzene rings is 2. The number of hydrogen-bond donors (Lipinski definition) is 1. The fraction of sp³-hybridized carbons (Fsp3) is 0.391. The molecule has 1 atom stereocenters. The van der Waals surface area contributed by atoms with Gasteiger partial charge in [0.25, 0.3) is 0 Å². The third-order valence-corrected chi connectivity index (χ3v) is 5.98. The van der Waals surface area contributed by atoms with Crippen molar-refractivity contribution in [3.63, 3.8) is 0 Å². The molecule has 0 radical (unpaired) electrons. The van der Waals surface area contributed by atoms with Crippen molar-refractivity contribution in [3.05, 3.63) is 64.7 Å². The molecule has 4 nitrogen and oxygen atoms in total. The first-order chi connectivity index (χ1) is 14.0. The normalized spacial score (nSPS) is 11.7. The lowest BCUT2D eigenvalue weighted by Gasteiger charge is -2.31. The maximum atomic E-state index is 13.2. The van der Waals surface area contributed by atoms with Gasteiger partial charge >= 0.3 is 0 Å². The Morgan fingerprint density at radius 2 is 1.79 bits per heavy atom. The predicted octanol–water partition coefficient (Wildman–Crippen LogP) is 5.07. The van der Waals surface area contributed by atoms with E-state index in [9.17, 15) is 9.59 Å². The molecule has 1 N–H and O–H groups in total. The number of halogens is 1. The molecule has 0 saturated heterocycles. The van der Waals surface area contributed by atoms with Crippen molar-refractivity contribution in [1.82, 2.24) is 10.2 Å². The maximum absolute atomic E-state index is 13.2. The number of rotatable bonds is 10. The SMILES string of the molecule is CCCNC(=O)[C@H](CC)N(Cc1ccccc1Cl)C(=O)CSc1ccc(C)cc1. The molecule has 0 bridgehead atoms. The van der Waals surface area contributed by atoms with Crippen LogP contribution in [0.25, 0.3) is 0 Å². The predicted molar refractivity (Wildman–Crippen MR) is 121 cm³/mol. The Morgan fingerprint density at radius 1 is 1.10 bits per heavy atom. The van der Waals surface area contributed by atoms with Gasteiger partial charge in [-0.2, -0.15) is 0 Å². The summed E-state index contributed by atoms with van der Waals surface area (Å²) in [5.41, 5.74) is 2.02. The van der Waals surface area contributed by atoms with E-state index in [1.807, 2.05) is 63.2 Å². The van der Waals surface area contributed by atoms with E-state index in [4.69, 9.17) is 11.6 Å². The number of hydrogen-bond acceptors (Lipinski definition) is 3. The minimum Gasteiger partial charge on any atom is -0.354 e. The van der Waals surface area contributed by atoms with Crippen LogP contribution in [0.1, 0.15) is 37.8 Å². The van der Waals surface area contributed by atoms with E-state index in [1.165, 1.54) is 17.3 Å². The zero-order valence-electron chi connectivity index (χ0n) is 17.3. The van der Waals surface area contributed by atoms with Gasteiger partial charge in [-0.1, -0.05) is 61.3 Å². The molecule has 0 unspecified atom stereocenters. The number of carbonyl (C=O) groups excluding carboxylic acids is 2. The molecule has 0 saturated carbocycles. The van der Waals surface area contributed by atoms with Crippen LogP contribution in [0.5, 0.6) is 0 Å². The van der Waals surface area contributed by atoms with Crippen LogP contribution in [0, 0.1) is 6.92 Å². The van der Waals surface area contributed by atoms with Crippen LogP contribution in [-0.2, 0) is 16.1 Å². The third-order valence-electron chi connectivity index (χ3n) is 4.62. The lowest BCUT2D eigenvalue weighted by atomic mass is 10.1. The first-order valence-corrected chi connectivity index (χ1v) is 11.3. The Kier molecular flexibility index (Phi) is 9.55. The van der Waals surface area contributed by atoms with E-state index in [0.29, 0.717) is 24.5 Å². The molecule has 6 heteroatoms. The van der Waals surface area contributed by atoms with Crippen LogP contribution in [-0.4, -0.2) is 35.1 Å². The van der Waals surface area contributed by atoms with Gasteiger partial charge in [-0.05, 0) is 43.5 Å². The summed E-state index contributed by atoms with van der Waals surface area (Å²) in [7, 11) is 0. The smallest absolute Gasteiger partial charge is 0.242 e. The molecule has 2 amide bonds. The minimum absolute atomic E-state index is 0.0750. The zero-order chi connectivity index (χ0) is 21.2. The van der Waals surface area contributed by atoms with Gasteiger partial charge in [0, 0.05) is 23.0 Å². The molecule has 0 heterocycles. The lowest BCUT2D eigenvalue weighted by Crippen LogP contribution is -2.49. The summed E-state index contributed by atoms with van der Waals surface area (Å²) in [6.07, 6.45) is 1.39. The largest absolute Gasteiger partial charge is 0.354 e. The van der Waals surface area contributed by atoms with Crippen LogP contribution in [0.15, 0.2) is 53.4 Å². The van der Waals surface area contributed by atoms with Gasteiger partial charge in [0.2, 0.25) is 11.8 Å². The second-order valence-electron chi connectivity index (χ2n) is 6.93. The maximum Gasteiger partial charge on any atom is 0.242 e. The monoisotopic (exact) mass is 432 g/mol. The summed E-state index contributed by atoms with van der Waals surface area (Å²) in [5.74, 6) is 0.0783. The number of thioether (sulfide) groups is 1. The molecular formula is C23H29ClN2O2S. The van der Waals surface area contributed by atoms with E-state index < -0.39 is 6.04 Å². The molecule has 0 fully saturated rings. The van der Waals surface area contributed by atoms with E-state index in [-0.39, 0.29) is 17.6 Å². The van der Waals surface area contributed by atoms with Crippen molar-refractivity contribution in [2.45, 2.75) is 51.1 Å². The van der Waals surface area contributed by atoms with Crippen LogP contribution in [0.4, 0.5) is 0 Å². The number of aryl methyl sites for hydroxylation is 1. The number of amides is 2. The van der Waals surface area contributed by atoms with E-state index >= 15 is 0 Å². The second-order valence-corrected chi connectivity index (χ2v) is 8.39. The molecule has 29 heavy (non-hydrogen) atoms. The third kappa shape index (κ3) is 7.09. The topological polar surface area (TPSA) is 49.4 Å². The second kappa shape index (κ2) is 11.9. The molecule has 0 aliphatic rings. The van der Waals surface area contributed by atoms with Crippen molar-refractivity contribution in [2.24, 2.45) is 0 Å². The van der Waals surface area contributed by atoms with Gasteiger partial charge in [0.05, 0.1) is 5.75 Å². The molecule has 2 aromatic carbocycles. The summed E-state index contributed by atoms with van der Waals surface area (Å²) in [6, 6.07) is 15.0. The standard InChI is InChI=1S/C23H29ClN2O2S/c1-4-14-25-23(28)21(5-2)26(15-18-8-6-7-9-20(18)24)22(27)16-29-19-12-10-17(3)11-13-19/h6-13,21H,4-5,14-16H2,1-3H3,(H,25,28)/t21-/m0/s1. The molecule has 0 spiro atoms. The summed E-state index contributed by atoms with van der Waals surface area (Å²) in [4.78, 5) is 28.6. The number of carbonyl (C=O) groups is 2. The Bertz CT molecular complexity index is 811. The molecule has 0 aromatic heterocycles. The van der Waals surface area contributed by atoms with E-state index in [1.54, 1.807) is 11.0 Å². The van der Waals surface area contributed by atoms with Gasteiger partial charge in [0.15, 0.2) is 0 Å². The van der Waals surface area contributed by atoms with Gasteiger partial charge in [-0.25, -0.2) is 0 Å². The first kappa shape index (κ1) is 23.3. The molecule has 0 aliphatic heterocycles. The summed E-state index contributed by atoms with van der Waals surface area (Å²) < 4.78 is 0. The Morgan fingerprint density at radius 3 is 2.41 bits per heavy atom. The summed E-state index contributed by atoms with van der Waals surface area (Å²) in [6.45, 7) is 6.88. The zero-order valence-corrected chi connectivity index (χ0v) is 18.9. The molecule has 2 aromatic rings. The Balaban J connectivity index is 2.19. The first-order valence-electron chi connectivity index (χ1n) is 9.96. The summed E-state index contributed by atoms with van der Waals surface area (Å²) >= 11 is 7.81. The number of nitrogens with one attached hydrogen (secondary N) is 1. The van der Waals surface area contributed by atoms with Crippen molar-refractivity contribution in [1.29, 1.82) is 0 Å². The van der Waals surface area contributed by atoms with Gasteiger partial charge in [-0.15, -0.1) is 11.8 Å². The highest BCUT2D eigenvalue weighted by Crippen LogP contribution is 2.23. The highest BCUT2D eigenvalue weighted by atomic mass is 35.5. The Labute approximate surface area is 183 Å². The van der Waals surface area contributed by atoms with Crippen LogP contribution >= 0.6 is 23.4 Å². The fourth-order valence-corrected chi connectivity index (χ4v) is 3.94. The van der Waals surface area contributed by atoms with Crippen molar-refractivity contribution >= 4 is 35.2 Å². The van der Waals surface area contributed by atoms with Gasteiger partial charge < -0.3 is 10.2 Å². The minimum atomic E-state index is -0.524. The van der Waals surface area contributed by atoms with Gasteiger partial charge in [0.1, 0.15) is 6.04 Å². The van der Waals surface area contributed by atoms with Crippen molar-refractivity contribution in [3.8, 4) is 0 Å². The average molecular weight is 433 g/mol. The van der Waals surface area contributed by atoms with Crippen LogP contribution in [0.2, 0.25) is 5.02 Å². The highest BCUT2D eigenvalue weighted by molar-refractivity contribution is 8.00. The van der Waals surface area contributed by atoms with Crippen LogP contribution in [0.3, 0.4) is 0 Å². The van der Waals surface area contributed by atoms with E-state index in [0.717, 1.165) is 16.9 Å². The molecule has 0 aliphatic carbocycles. The van der Waals surface area contributed by atoms with Crippen LogP contribution < -0.4 is 5.32 Å². The fourth-order valence-electron chi connectivity index (χ4n) is 2.96. The van der Waals surface area contributed by atoms with E-state index in [2.05, 4.69) is 5.32 Å². The van der Waals surface area contributed by atoms with Gasteiger partial charge in [-0.3, -0.25) is 9.59 Å². The molecule has 156 valence electrons. The number of nitrogens with zero attached hydrogens (tertiary/aromatic N) is 1. The van der Waals surface area contributed by atoms with Crippen molar-refractivity contribution < 1.29 is 9.59 Å². The Hall–Kier alpha value is -1.98.